The Morgan fingerprint density at radius 2 is 1.87 bits per heavy atom. The second-order valence-electron chi connectivity index (χ2n) is 7.51. The van der Waals surface area contributed by atoms with Crippen LogP contribution in [0.2, 0.25) is 10.0 Å². The number of piperazine rings is 1. The molecule has 0 atom stereocenters. The number of nitrogens with one attached hydrogen (secondary N) is 1. The van der Waals surface area contributed by atoms with E-state index in [0.29, 0.717) is 21.3 Å². The van der Waals surface area contributed by atoms with Gasteiger partial charge in [-0.15, -0.1) is 0 Å². The first kappa shape index (κ1) is 21.7. The Morgan fingerprint density at radius 3 is 2.58 bits per heavy atom. The van der Waals surface area contributed by atoms with E-state index in [0.717, 1.165) is 48.5 Å². The summed E-state index contributed by atoms with van der Waals surface area (Å²) in [5, 5.41) is 5.09. The molecule has 1 N–H and O–H groups in total. The molecule has 162 valence electrons. The van der Waals surface area contributed by atoms with Gasteiger partial charge < -0.3 is 19.9 Å². The van der Waals surface area contributed by atoms with Gasteiger partial charge in [-0.25, -0.2) is 4.79 Å². The number of nitrogens with zero attached hydrogens (tertiary/aromatic N) is 3. The number of rotatable bonds is 5. The number of hydrogen-bond donors (Lipinski definition) is 1. The Kier molecular flexibility index (Phi) is 6.51. The molecule has 1 fully saturated rings. The maximum atomic E-state index is 12.7. The molecular formula is C23H24Cl2N4O2. The van der Waals surface area contributed by atoms with Crippen molar-refractivity contribution in [1.82, 2.24) is 9.88 Å². The van der Waals surface area contributed by atoms with Crippen LogP contribution in [0.25, 0.3) is 10.9 Å². The molecule has 1 saturated heterocycles. The molecule has 6 nitrogen and oxygen atoms in total. The van der Waals surface area contributed by atoms with Gasteiger partial charge in [0.15, 0.2) is 0 Å². The number of likely N-dealkylation sites (N-methyl/N-ethyl adjacent to an activating group) is 1. The number of esters is 1. The van der Waals surface area contributed by atoms with E-state index in [4.69, 9.17) is 27.9 Å². The highest BCUT2D eigenvalue weighted by Gasteiger charge is 2.20. The van der Waals surface area contributed by atoms with E-state index in [1.165, 1.54) is 0 Å². The fourth-order valence-electron chi connectivity index (χ4n) is 3.66. The number of halogens is 2. The van der Waals surface area contributed by atoms with E-state index in [1.807, 2.05) is 12.1 Å². The van der Waals surface area contributed by atoms with Crippen LogP contribution < -0.4 is 10.2 Å². The summed E-state index contributed by atoms with van der Waals surface area (Å²) in [6, 6.07) is 11.4. The summed E-state index contributed by atoms with van der Waals surface area (Å²) < 4.78 is 5.27. The Bertz CT molecular complexity index is 1110. The fourth-order valence-corrected chi connectivity index (χ4v) is 3.96. The quantitative estimate of drug-likeness (QED) is 0.529. The number of hydrogen-bond acceptors (Lipinski definition) is 6. The Hall–Kier alpha value is -2.54. The van der Waals surface area contributed by atoms with Crippen molar-refractivity contribution in [1.29, 1.82) is 0 Å². The van der Waals surface area contributed by atoms with Gasteiger partial charge in [-0.1, -0.05) is 23.2 Å². The first-order chi connectivity index (χ1) is 15.0. The summed E-state index contributed by atoms with van der Waals surface area (Å²) >= 11 is 12.3. The van der Waals surface area contributed by atoms with Gasteiger partial charge in [0.1, 0.15) is 5.56 Å². The fraction of sp³-hybridized carbons (Fsp3) is 0.304. The van der Waals surface area contributed by atoms with E-state index in [1.54, 1.807) is 25.3 Å². The van der Waals surface area contributed by atoms with Gasteiger partial charge in [0, 0.05) is 49.1 Å². The molecule has 4 rings (SSSR count). The first-order valence-corrected chi connectivity index (χ1v) is 11.0. The predicted molar refractivity (Wildman–Crippen MR) is 127 cm³/mol. The highest BCUT2D eigenvalue weighted by molar-refractivity contribution is 6.42. The van der Waals surface area contributed by atoms with E-state index in [-0.39, 0.29) is 6.61 Å². The lowest BCUT2D eigenvalue weighted by atomic mass is 10.1. The van der Waals surface area contributed by atoms with Gasteiger partial charge in [0.05, 0.1) is 27.9 Å². The van der Waals surface area contributed by atoms with Gasteiger partial charge in [-0.05, 0) is 50.4 Å². The van der Waals surface area contributed by atoms with Crippen LogP contribution in [0.3, 0.4) is 0 Å². The molecule has 0 aliphatic carbocycles. The summed E-state index contributed by atoms with van der Waals surface area (Å²) in [4.78, 5) is 21.8. The van der Waals surface area contributed by atoms with Crippen molar-refractivity contribution in [3.63, 3.8) is 0 Å². The summed E-state index contributed by atoms with van der Waals surface area (Å²) in [5.41, 5.74) is 3.61. The van der Waals surface area contributed by atoms with Crippen LogP contribution in [-0.2, 0) is 4.74 Å². The second kappa shape index (κ2) is 9.30. The normalized spacial score (nSPS) is 14.6. The van der Waals surface area contributed by atoms with Crippen molar-refractivity contribution < 1.29 is 9.53 Å². The zero-order chi connectivity index (χ0) is 22.0. The van der Waals surface area contributed by atoms with Gasteiger partial charge in [0.25, 0.3) is 0 Å². The minimum Gasteiger partial charge on any atom is -0.462 e. The zero-order valence-electron chi connectivity index (χ0n) is 17.5. The van der Waals surface area contributed by atoms with Crippen LogP contribution in [0.15, 0.2) is 42.6 Å². The van der Waals surface area contributed by atoms with Crippen molar-refractivity contribution >= 4 is 57.1 Å². The number of carbonyl (C=O) groups excluding carboxylic acids is 1. The van der Waals surface area contributed by atoms with Crippen LogP contribution in [0.1, 0.15) is 17.3 Å². The third-order valence-corrected chi connectivity index (χ3v) is 6.14. The highest BCUT2D eigenvalue weighted by Crippen LogP contribution is 2.34. The highest BCUT2D eigenvalue weighted by atomic mass is 35.5. The maximum Gasteiger partial charge on any atom is 0.341 e. The number of anilines is 3. The van der Waals surface area contributed by atoms with E-state index >= 15 is 0 Å². The molecule has 0 saturated carbocycles. The van der Waals surface area contributed by atoms with Crippen molar-refractivity contribution in [2.45, 2.75) is 6.92 Å². The van der Waals surface area contributed by atoms with Crippen molar-refractivity contribution in [3.05, 3.63) is 58.2 Å². The number of aromatic nitrogens is 1. The summed E-state index contributed by atoms with van der Waals surface area (Å²) in [6.45, 7) is 5.97. The number of benzene rings is 2. The van der Waals surface area contributed by atoms with E-state index < -0.39 is 5.97 Å². The molecule has 8 heteroatoms. The monoisotopic (exact) mass is 458 g/mol. The third-order valence-electron chi connectivity index (χ3n) is 5.40. The molecule has 0 radical (unpaired) electrons. The topological polar surface area (TPSA) is 57.7 Å². The minimum atomic E-state index is -0.426. The average Bonchev–Trinajstić information content (AvgIpc) is 2.77. The summed E-state index contributed by atoms with van der Waals surface area (Å²) in [6.07, 6.45) is 1.55. The number of pyridine rings is 1. The SMILES string of the molecule is CCOC(=O)c1cnc2ccc(N3CCN(C)CC3)cc2c1Nc1ccc(Cl)c(Cl)c1. The molecule has 1 aromatic heterocycles. The smallest absolute Gasteiger partial charge is 0.341 e. The molecule has 1 aliphatic heterocycles. The molecule has 2 heterocycles. The lowest BCUT2D eigenvalue weighted by Crippen LogP contribution is -2.44. The van der Waals surface area contributed by atoms with Gasteiger partial charge in [-0.3, -0.25) is 4.98 Å². The van der Waals surface area contributed by atoms with Crippen LogP contribution in [0.4, 0.5) is 17.1 Å². The average molecular weight is 459 g/mol. The number of fused-ring (bicyclic) bond motifs is 1. The Balaban J connectivity index is 1.81. The molecule has 2 aromatic carbocycles. The maximum absolute atomic E-state index is 12.7. The largest absolute Gasteiger partial charge is 0.462 e. The van der Waals surface area contributed by atoms with Gasteiger partial charge in [-0.2, -0.15) is 0 Å². The molecule has 0 bridgehead atoms. The van der Waals surface area contributed by atoms with Crippen molar-refractivity contribution in [3.8, 4) is 0 Å². The zero-order valence-corrected chi connectivity index (χ0v) is 19.0. The Morgan fingerprint density at radius 1 is 1.10 bits per heavy atom. The van der Waals surface area contributed by atoms with Crippen LogP contribution in [-0.4, -0.2) is 55.7 Å². The van der Waals surface area contributed by atoms with Crippen molar-refractivity contribution in [2.24, 2.45) is 0 Å². The molecule has 0 spiro atoms. The standard InChI is InChI=1S/C23H24Cl2N4O2/c1-3-31-23(30)18-14-26-21-7-5-16(29-10-8-28(2)9-11-29)13-17(21)22(18)27-15-4-6-19(24)20(25)12-15/h4-7,12-14H,3,8-11H2,1-2H3,(H,26,27). The van der Waals surface area contributed by atoms with Crippen LogP contribution >= 0.6 is 23.2 Å². The van der Waals surface area contributed by atoms with Crippen LogP contribution in [0, 0.1) is 0 Å². The summed E-state index contributed by atoms with van der Waals surface area (Å²) in [7, 11) is 2.13. The second-order valence-corrected chi connectivity index (χ2v) is 8.33. The molecule has 31 heavy (non-hydrogen) atoms. The van der Waals surface area contributed by atoms with E-state index in [9.17, 15) is 4.79 Å². The molecular weight excluding hydrogens is 435 g/mol. The lowest BCUT2D eigenvalue weighted by Gasteiger charge is -2.34. The van der Waals surface area contributed by atoms with Crippen LogP contribution in [0.5, 0.6) is 0 Å². The third kappa shape index (κ3) is 4.71. The molecule has 3 aromatic rings. The lowest BCUT2D eigenvalue weighted by molar-refractivity contribution is 0.0527. The number of ether oxygens (including phenoxy) is 1. The molecule has 0 amide bonds. The minimum absolute atomic E-state index is 0.282. The number of carbonyl (C=O) groups is 1. The summed E-state index contributed by atoms with van der Waals surface area (Å²) in [5.74, 6) is -0.426. The van der Waals surface area contributed by atoms with Crippen molar-refractivity contribution in [2.75, 3.05) is 50.1 Å². The molecule has 1 aliphatic rings. The van der Waals surface area contributed by atoms with Gasteiger partial charge in [0.2, 0.25) is 0 Å². The Labute approximate surface area is 191 Å². The predicted octanol–water partition coefficient (Wildman–Crippen LogP) is 5.21. The van der Waals surface area contributed by atoms with Gasteiger partial charge >= 0.3 is 5.97 Å². The van der Waals surface area contributed by atoms with E-state index in [2.05, 4.69) is 39.3 Å². The first-order valence-electron chi connectivity index (χ1n) is 10.2. The molecule has 0 unspecified atom stereocenters.